The van der Waals surface area contributed by atoms with Gasteiger partial charge in [0.1, 0.15) is 5.15 Å². The Bertz CT molecular complexity index is 715. The fraction of sp³-hybridized carbons (Fsp3) is 0.357. The lowest BCUT2D eigenvalue weighted by Crippen LogP contribution is -2.24. The van der Waals surface area contributed by atoms with Gasteiger partial charge < -0.3 is 10.3 Å². The summed E-state index contributed by atoms with van der Waals surface area (Å²) in [6.07, 6.45) is 0. The van der Waals surface area contributed by atoms with Gasteiger partial charge in [0, 0.05) is 27.7 Å². The van der Waals surface area contributed by atoms with E-state index in [4.69, 9.17) is 11.6 Å². The van der Waals surface area contributed by atoms with Crippen LogP contribution in [-0.2, 0) is 12.0 Å². The van der Waals surface area contributed by atoms with Gasteiger partial charge in [-0.25, -0.2) is 4.98 Å². The fourth-order valence-corrected chi connectivity index (χ4v) is 2.48. The lowest BCUT2D eigenvalue weighted by Gasteiger charge is -2.18. The van der Waals surface area contributed by atoms with Crippen LogP contribution in [0.2, 0.25) is 5.15 Å². The highest BCUT2D eigenvalue weighted by atomic mass is 35.5. The second-order valence-corrected chi connectivity index (χ2v) is 6.90. The molecule has 0 aliphatic carbocycles. The molecular formula is C14H16ClN3O2S. The first-order valence-electron chi connectivity index (χ1n) is 6.38. The molecule has 0 spiro atoms. The molecule has 2 heterocycles. The Morgan fingerprint density at radius 2 is 2.14 bits per heavy atom. The molecule has 1 amide bonds. The Morgan fingerprint density at radius 1 is 1.43 bits per heavy atom. The SMILES string of the molecule is CC(C)(C)c1cc(C(=O)NCc2csc(=O)[nH]2)cc(Cl)n1. The maximum absolute atomic E-state index is 12.2. The van der Waals surface area contributed by atoms with Crippen LogP contribution < -0.4 is 10.2 Å². The molecular weight excluding hydrogens is 310 g/mol. The lowest BCUT2D eigenvalue weighted by molar-refractivity contribution is 0.0950. The second kappa shape index (κ2) is 5.99. The van der Waals surface area contributed by atoms with Crippen molar-refractivity contribution in [2.24, 2.45) is 0 Å². The van der Waals surface area contributed by atoms with Crippen molar-refractivity contribution in [2.45, 2.75) is 32.7 Å². The Balaban J connectivity index is 2.15. The van der Waals surface area contributed by atoms with Crippen molar-refractivity contribution < 1.29 is 4.79 Å². The van der Waals surface area contributed by atoms with Crippen molar-refractivity contribution in [3.63, 3.8) is 0 Å². The smallest absolute Gasteiger partial charge is 0.304 e. The monoisotopic (exact) mass is 325 g/mol. The summed E-state index contributed by atoms with van der Waals surface area (Å²) < 4.78 is 0. The molecule has 2 aromatic rings. The van der Waals surface area contributed by atoms with E-state index in [0.717, 1.165) is 17.0 Å². The van der Waals surface area contributed by atoms with Crippen LogP contribution >= 0.6 is 22.9 Å². The summed E-state index contributed by atoms with van der Waals surface area (Å²) in [7, 11) is 0. The zero-order valence-corrected chi connectivity index (χ0v) is 13.6. The third kappa shape index (κ3) is 4.15. The number of aromatic nitrogens is 2. The van der Waals surface area contributed by atoms with Crippen LogP contribution in [0.4, 0.5) is 0 Å². The first kappa shape index (κ1) is 15.7. The number of rotatable bonds is 3. The van der Waals surface area contributed by atoms with E-state index in [0.29, 0.717) is 11.3 Å². The third-order valence-electron chi connectivity index (χ3n) is 2.83. The van der Waals surface area contributed by atoms with Gasteiger partial charge in [0.2, 0.25) is 0 Å². The Kier molecular flexibility index (Phi) is 4.49. The highest BCUT2D eigenvalue weighted by Gasteiger charge is 2.19. The minimum Gasteiger partial charge on any atom is -0.346 e. The van der Waals surface area contributed by atoms with Gasteiger partial charge in [0.15, 0.2) is 0 Å². The number of carbonyl (C=O) groups excluding carboxylic acids is 1. The third-order valence-corrected chi connectivity index (χ3v) is 3.75. The van der Waals surface area contributed by atoms with E-state index in [1.54, 1.807) is 11.4 Å². The minimum absolute atomic E-state index is 0.138. The standard InChI is InChI=1S/C14H16ClN3O2S/c1-14(2,3)10-4-8(5-11(15)18-10)12(19)16-6-9-7-21-13(20)17-9/h4-5,7H,6H2,1-3H3,(H,16,19)(H,17,20). The molecule has 0 bridgehead atoms. The number of halogens is 1. The second-order valence-electron chi connectivity index (χ2n) is 5.67. The van der Waals surface area contributed by atoms with Crippen LogP contribution in [0.5, 0.6) is 0 Å². The summed E-state index contributed by atoms with van der Waals surface area (Å²) in [5.41, 5.74) is 1.69. The number of nitrogens with zero attached hydrogens (tertiary/aromatic N) is 1. The number of H-pyrrole nitrogens is 1. The summed E-state index contributed by atoms with van der Waals surface area (Å²) in [5.74, 6) is -0.253. The lowest BCUT2D eigenvalue weighted by atomic mass is 9.91. The predicted molar refractivity (Wildman–Crippen MR) is 84.1 cm³/mol. The van der Waals surface area contributed by atoms with E-state index < -0.39 is 0 Å². The molecule has 7 heteroatoms. The van der Waals surface area contributed by atoms with Gasteiger partial charge in [-0.05, 0) is 12.1 Å². The first-order chi connectivity index (χ1) is 9.75. The first-order valence-corrected chi connectivity index (χ1v) is 7.64. The van der Waals surface area contributed by atoms with Crippen LogP contribution in [0.25, 0.3) is 0 Å². The quantitative estimate of drug-likeness (QED) is 0.852. The number of hydrogen-bond acceptors (Lipinski definition) is 4. The number of hydrogen-bond donors (Lipinski definition) is 2. The van der Waals surface area contributed by atoms with E-state index in [1.807, 2.05) is 20.8 Å². The van der Waals surface area contributed by atoms with Gasteiger partial charge in [0.25, 0.3) is 5.91 Å². The van der Waals surface area contributed by atoms with Gasteiger partial charge >= 0.3 is 4.87 Å². The molecule has 21 heavy (non-hydrogen) atoms. The van der Waals surface area contributed by atoms with E-state index in [9.17, 15) is 9.59 Å². The highest BCUT2D eigenvalue weighted by molar-refractivity contribution is 7.07. The Labute approximate surface area is 131 Å². The number of thiazole rings is 1. The van der Waals surface area contributed by atoms with Crippen LogP contribution in [-0.4, -0.2) is 15.9 Å². The molecule has 2 N–H and O–H groups in total. The Hall–Kier alpha value is -1.66. The van der Waals surface area contributed by atoms with Crippen molar-refractivity contribution in [1.82, 2.24) is 15.3 Å². The van der Waals surface area contributed by atoms with E-state index >= 15 is 0 Å². The number of carbonyl (C=O) groups is 1. The topological polar surface area (TPSA) is 74.8 Å². The molecule has 0 radical (unpaired) electrons. The average molecular weight is 326 g/mol. The maximum atomic E-state index is 12.2. The van der Waals surface area contributed by atoms with Crippen LogP contribution in [0.1, 0.15) is 42.5 Å². The summed E-state index contributed by atoms with van der Waals surface area (Å²) in [6.45, 7) is 6.28. The van der Waals surface area contributed by atoms with Gasteiger partial charge in [-0.2, -0.15) is 0 Å². The minimum atomic E-state index is -0.253. The Morgan fingerprint density at radius 3 is 2.71 bits per heavy atom. The van der Waals surface area contributed by atoms with Gasteiger partial charge in [0.05, 0.1) is 6.54 Å². The summed E-state index contributed by atoms with van der Waals surface area (Å²) in [6, 6.07) is 3.26. The average Bonchev–Trinajstić information content (AvgIpc) is 2.80. The molecule has 2 rings (SSSR count). The van der Waals surface area contributed by atoms with Crippen molar-refractivity contribution in [3.05, 3.63) is 49.3 Å². The molecule has 0 aliphatic heterocycles. The number of pyridine rings is 1. The number of nitrogens with one attached hydrogen (secondary N) is 2. The van der Waals surface area contributed by atoms with E-state index in [-0.39, 0.29) is 27.9 Å². The zero-order chi connectivity index (χ0) is 15.6. The molecule has 112 valence electrons. The van der Waals surface area contributed by atoms with Crippen LogP contribution in [0, 0.1) is 0 Å². The number of amides is 1. The van der Waals surface area contributed by atoms with Gasteiger partial charge in [-0.1, -0.05) is 43.7 Å². The van der Waals surface area contributed by atoms with Crippen LogP contribution in [0.15, 0.2) is 22.3 Å². The predicted octanol–water partition coefficient (Wildman–Crippen LogP) is 2.71. The van der Waals surface area contributed by atoms with Crippen molar-refractivity contribution in [1.29, 1.82) is 0 Å². The largest absolute Gasteiger partial charge is 0.346 e. The van der Waals surface area contributed by atoms with Gasteiger partial charge in [-0.3, -0.25) is 9.59 Å². The molecule has 0 aromatic carbocycles. The fourth-order valence-electron chi connectivity index (χ4n) is 1.69. The summed E-state index contributed by atoms with van der Waals surface area (Å²) in [4.78, 5) is 29.9. The van der Waals surface area contributed by atoms with Gasteiger partial charge in [-0.15, -0.1) is 0 Å². The van der Waals surface area contributed by atoms with Crippen molar-refractivity contribution >= 4 is 28.8 Å². The van der Waals surface area contributed by atoms with E-state index in [2.05, 4.69) is 15.3 Å². The summed E-state index contributed by atoms with van der Waals surface area (Å²) in [5, 5.41) is 4.72. The molecule has 0 unspecified atom stereocenters. The molecule has 0 aliphatic rings. The van der Waals surface area contributed by atoms with Crippen LogP contribution in [0.3, 0.4) is 0 Å². The molecule has 2 aromatic heterocycles. The van der Waals surface area contributed by atoms with Crippen molar-refractivity contribution in [3.8, 4) is 0 Å². The number of aromatic amines is 1. The summed E-state index contributed by atoms with van der Waals surface area (Å²) >= 11 is 7.05. The highest BCUT2D eigenvalue weighted by Crippen LogP contribution is 2.23. The molecule has 0 atom stereocenters. The molecule has 5 nitrogen and oxygen atoms in total. The molecule has 0 fully saturated rings. The molecule has 0 saturated heterocycles. The molecule has 0 saturated carbocycles. The van der Waals surface area contributed by atoms with Crippen molar-refractivity contribution in [2.75, 3.05) is 0 Å². The maximum Gasteiger partial charge on any atom is 0.304 e. The zero-order valence-electron chi connectivity index (χ0n) is 12.0. The van der Waals surface area contributed by atoms with E-state index in [1.165, 1.54) is 6.07 Å². The normalized spacial score (nSPS) is 11.4.